The molecule has 0 radical (unpaired) electrons. The van der Waals surface area contributed by atoms with Crippen molar-refractivity contribution in [2.75, 3.05) is 0 Å². The van der Waals surface area contributed by atoms with E-state index in [0.717, 1.165) is 18.6 Å². The molecule has 2 rings (SSSR count). The van der Waals surface area contributed by atoms with Crippen LogP contribution < -0.4 is 4.84 Å². The standard InChI is InChI=1S/C14H22N2O/c1-13(2)8-6-9-14(3,4)16(13)17-12-7-5-10-15-11-12/h5,7,10-11H,6,8-9H2,1-4H3. The zero-order chi connectivity index (χ0) is 12.5. The highest BCUT2D eigenvalue weighted by molar-refractivity contribution is 5.15. The topological polar surface area (TPSA) is 25.4 Å². The van der Waals surface area contributed by atoms with Gasteiger partial charge in [-0.15, -0.1) is 5.06 Å². The Morgan fingerprint density at radius 1 is 1.18 bits per heavy atom. The van der Waals surface area contributed by atoms with Gasteiger partial charge in [-0.25, -0.2) is 0 Å². The molecule has 1 aliphatic heterocycles. The van der Waals surface area contributed by atoms with Gasteiger partial charge in [-0.2, -0.15) is 0 Å². The van der Waals surface area contributed by atoms with Gasteiger partial charge in [-0.05, 0) is 59.1 Å². The van der Waals surface area contributed by atoms with E-state index in [1.807, 2.05) is 12.1 Å². The van der Waals surface area contributed by atoms with Crippen molar-refractivity contribution in [1.29, 1.82) is 0 Å². The van der Waals surface area contributed by atoms with Crippen molar-refractivity contribution in [3.63, 3.8) is 0 Å². The number of hydrogen-bond donors (Lipinski definition) is 0. The zero-order valence-electron chi connectivity index (χ0n) is 11.2. The molecular weight excluding hydrogens is 212 g/mol. The summed E-state index contributed by atoms with van der Waals surface area (Å²) in [5.41, 5.74) is 0.134. The number of aromatic nitrogens is 1. The highest BCUT2D eigenvalue weighted by Crippen LogP contribution is 2.38. The molecule has 0 bridgehead atoms. The van der Waals surface area contributed by atoms with Gasteiger partial charge in [0.1, 0.15) is 0 Å². The lowest BCUT2D eigenvalue weighted by molar-refractivity contribution is -0.217. The quantitative estimate of drug-likeness (QED) is 0.784. The number of hydroxylamine groups is 2. The van der Waals surface area contributed by atoms with Crippen LogP contribution in [-0.2, 0) is 0 Å². The smallest absolute Gasteiger partial charge is 0.165 e. The molecule has 0 aliphatic carbocycles. The maximum Gasteiger partial charge on any atom is 0.165 e. The van der Waals surface area contributed by atoms with Gasteiger partial charge in [0.15, 0.2) is 5.75 Å². The summed E-state index contributed by atoms with van der Waals surface area (Å²) >= 11 is 0. The molecule has 1 fully saturated rings. The van der Waals surface area contributed by atoms with Crippen LogP contribution in [0.2, 0.25) is 0 Å². The van der Waals surface area contributed by atoms with Gasteiger partial charge in [0.25, 0.3) is 0 Å². The first-order chi connectivity index (χ1) is 7.92. The van der Waals surface area contributed by atoms with Crippen LogP contribution in [0.15, 0.2) is 24.5 Å². The number of hydrogen-bond acceptors (Lipinski definition) is 3. The Balaban J connectivity index is 2.21. The van der Waals surface area contributed by atoms with E-state index in [1.54, 1.807) is 12.4 Å². The molecule has 3 nitrogen and oxygen atoms in total. The SMILES string of the molecule is CC1(C)CCCC(C)(C)N1Oc1cccnc1. The summed E-state index contributed by atoms with van der Waals surface area (Å²) in [5.74, 6) is 0.815. The van der Waals surface area contributed by atoms with Gasteiger partial charge < -0.3 is 4.84 Å². The van der Waals surface area contributed by atoms with Crippen LogP contribution in [0.4, 0.5) is 0 Å². The Hall–Kier alpha value is -1.09. The molecule has 0 amide bonds. The molecule has 0 aromatic carbocycles. The van der Waals surface area contributed by atoms with Gasteiger partial charge in [0.05, 0.1) is 17.3 Å². The molecule has 0 spiro atoms. The van der Waals surface area contributed by atoms with Gasteiger partial charge in [0.2, 0.25) is 0 Å². The number of nitrogens with zero attached hydrogens (tertiary/aromatic N) is 2. The van der Waals surface area contributed by atoms with Crippen LogP contribution in [0.3, 0.4) is 0 Å². The van der Waals surface area contributed by atoms with E-state index in [-0.39, 0.29) is 11.1 Å². The summed E-state index contributed by atoms with van der Waals surface area (Å²) < 4.78 is 0. The van der Waals surface area contributed by atoms with Gasteiger partial charge in [-0.3, -0.25) is 4.98 Å². The van der Waals surface area contributed by atoms with Crippen molar-refractivity contribution in [3.8, 4) is 5.75 Å². The minimum Gasteiger partial charge on any atom is -0.403 e. The van der Waals surface area contributed by atoms with Gasteiger partial charge >= 0.3 is 0 Å². The maximum absolute atomic E-state index is 6.06. The molecule has 0 N–H and O–H groups in total. The lowest BCUT2D eigenvalue weighted by Crippen LogP contribution is -2.59. The van der Waals surface area contributed by atoms with E-state index < -0.39 is 0 Å². The summed E-state index contributed by atoms with van der Waals surface area (Å²) in [6, 6.07) is 3.85. The highest BCUT2D eigenvalue weighted by atomic mass is 16.7. The van der Waals surface area contributed by atoms with Crippen molar-refractivity contribution < 1.29 is 4.84 Å². The summed E-state index contributed by atoms with van der Waals surface area (Å²) in [7, 11) is 0. The average molecular weight is 234 g/mol. The Morgan fingerprint density at radius 2 is 1.82 bits per heavy atom. The van der Waals surface area contributed by atoms with Crippen molar-refractivity contribution >= 4 is 0 Å². The molecule has 3 heteroatoms. The fourth-order valence-electron chi connectivity index (χ4n) is 2.73. The highest BCUT2D eigenvalue weighted by Gasteiger charge is 2.43. The second kappa shape index (κ2) is 4.30. The first-order valence-electron chi connectivity index (χ1n) is 6.30. The first kappa shape index (κ1) is 12.4. The van der Waals surface area contributed by atoms with Crippen LogP contribution in [0, 0.1) is 0 Å². The summed E-state index contributed by atoms with van der Waals surface area (Å²) in [4.78, 5) is 10.2. The average Bonchev–Trinajstić information content (AvgIpc) is 2.25. The largest absolute Gasteiger partial charge is 0.403 e. The Morgan fingerprint density at radius 3 is 2.35 bits per heavy atom. The number of pyridine rings is 1. The molecule has 2 heterocycles. The van der Waals surface area contributed by atoms with Crippen molar-refractivity contribution in [2.45, 2.75) is 58.0 Å². The van der Waals surface area contributed by atoms with Crippen molar-refractivity contribution in [2.24, 2.45) is 0 Å². The predicted octanol–water partition coefficient (Wildman–Crippen LogP) is 3.42. The Labute approximate surface area is 104 Å². The van der Waals surface area contributed by atoms with Gasteiger partial charge in [-0.1, -0.05) is 0 Å². The minimum atomic E-state index is 0.0671. The van der Waals surface area contributed by atoms with E-state index in [0.29, 0.717) is 0 Å². The summed E-state index contributed by atoms with van der Waals surface area (Å²) in [5, 5.41) is 2.14. The van der Waals surface area contributed by atoms with Crippen LogP contribution in [0.25, 0.3) is 0 Å². The molecule has 1 aromatic rings. The molecule has 17 heavy (non-hydrogen) atoms. The van der Waals surface area contributed by atoms with E-state index in [9.17, 15) is 0 Å². The van der Waals surface area contributed by atoms with Crippen LogP contribution in [0.5, 0.6) is 5.75 Å². The molecule has 0 unspecified atom stereocenters. The van der Waals surface area contributed by atoms with Crippen LogP contribution >= 0.6 is 0 Å². The molecule has 1 aromatic heterocycles. The van der Waals surface area contributed by atoms with Gasteiger partial charge in [0, 0.05) is 6.20 Å². The fraction of sp³-hybridized carbons (Fsp3) is 0.643. The normalized spacial score (nSPS) is 23.3. The van der Waals surface area contributed by atoms with E-state index in [2.05, 4.69) is 37.7 Å². The maximum atomic E-state index is 6.06. The minimum absolute atomic E-state index is 0.0671. The lowest BCUT2D eigenvalue weighted by atomic mass is 9.82. The third-order valence-electron chi connectivity index (χ3n) is 3.51. The second-order valence-electron chi connectivity index (χ2n) is 6.05. The van der Waals surface area contributed by atoms with E-state index in [4.69, 9.17) is 4.84 Å². The van der Waals surface area contributed by atoms with E-state index >= 15 is 0 Å². The van der Waals surface area contributed by atoms with Crippen LogP contribution in [0.1, 0.15) is 47.0 Å². The zero-order valence-corrected chi connectivity index (χ0v) is 11.2. The molecular formula is C14H22N2O. The third-order valence-corrected chi connectivity index (χ3v) is 3.51. The van der Waals surface area contributed by atoms with E-state index in [1.165, 1.54) is 6.42 Å². The van der Waals surface area contributed by atoms with Crippen LogP contribution in [-0.4, -0.2) is 21.1 Å². The molecule has 0 saturated carbocycles. The second-order valence-corrected chi connectivity index (χ2v) is 6.05. The summed E-state index contributed by atoms with van der Waals surface area (Å²) in [6.07, 6.45) is 7.11. The monoisotopic (exact) mass is 234 g/mol. The lowest BCUT2D eigenvalue weighted by Gasteiger charge is -2.50. The predicted molar refractivity (Wildman–Crippen MR) is 68.7 cm³/mol. The molecule has 94 valence electrons. The summed E-state index contributed by atoms with van der Waals surface area (Å²) in [6.45, 7) is 8.96. The molecule has 0 atom stereocenters. The molecule has 1 saturated heterocycles. The van der Waals surface area contributed by atoms with Crippen molar-refractivity contribution in [3.05, 3.63) is 24.5 Å². The molecule has 1 aliphatic rings. The Bertz CT molecular complexity index is 357. The fourth-order valence-corrected chi connectivity index (χ4v) is 2.73. The Kier molecular flexibility index (Phi) is 3.13. The van der Waals surface area contributed by atoms with Crippen molar-refractivity contribution in [1.82, 2.24) is 10.0 Å². The number of piperidine rings is 1. The first-order valence-corrected chi connectivity index (χ1v) is 6.30. The number of rotatable bonds is 2. The third kappa shape index (κ3) is 2.60.